The van der Waals surface area contributed by atoms with Crippen LogP contribution in [0.1, 0.15) is 117 Å². The van der Waals surface area contributed by atoms with Crippen LogP contribution in [-0.2, 0) is 0 Å². The van der Waals surface area contributed by atoms with E-state index in [-0.39, 0.29) is 16.8 Å². The lowest BCUT2D eigenvalue weighted by Gasteiger charge is -2.39. The minimum atomic E-state index is -0.381. The van der Waals surface area contributed by atoms with E-state index in [1.807, 2.05) is 0 Å². The van der Waals surface area contributed by atoms with Gasteiger partial charge < -0.3 is 31.3 Å². The highest BCUT2D eigenvalue weighted by Gasteiger charge is 2.45. The van der Waals surface area contributed by atoms with Crippen molar-refractivity contribution in [3.05, 3.63) is 0 Å². The average molecular weight is 480 g/mol. The smallest absolute Gasteiger partial charge is 0.0800 e. The Morgan fingerprint density at radius 1 is 0.529 bits per heavy atom. The second kappa shape index (κ2) is 11.0. The van der Waals surface area contributed by atoms with E-state index >= 15 is 0 Å². The molecule has 0 aromatic rings. The Morgan fingerprint density at radius 3 is 1.29 bits per heavy atom. The van der Waals surface area contributed by atoms with Crippen LogP contribution in [0.3, 0.4) is 0 Å². The van der Waals surface area contributed by atoms with Crippen LogP contribution in [0.15, 0.2) is 0 Å². The van der Waals surface area contributed by atoms with Crippen molar-refractivity contribution in [2.75, 3.05) is 19.6 Å². The van der Waals surface area contributed by atoms with Gasteiger partial charge in [0.15, 0.2) is 0 Å². The Labute approximate surface area is 208 Å². The Morgan fingerprint density at radius 2 is 0.971 bits per heavy atom. The number of rotatable bonds is 3. The summed E-state index contributed by atoms with van der Waals surface area (Å²) < 4.78 is 0. The second-order valence-electron chi connectivity index (χ2n) is 13.2. The molecule has 3 atom stereocenters. The molecule has 3 heterocycles. The highest BCUT2D eigenvalue weighted by molar-refractivity contribution is 5.02. The lowest BCUT2D eigenvalue weighted by Crippen LogP contribution is -2.57. The molecule has 3 aliphatic heterocycles. The molecule has 6 N–H and O–H groups in total. The molecule has 6 aliphatic rings. The number of hydrogen-bond donors (Lipinski definition) is 6. The normalized spacial score (nSPS) is 36.8. The number of hydrogen-bond acceptors (Lipinski definition) is 6. The summed E-state index contributed by atoms with van der Waals surface area (Å²) >= 11 is 0. The molecular formula is C28H53N3O3. The maximum absolute atomic E-state index is 10.4. The zero-order chi connectivity index (χ0) is 24.3. The van der Waals surface area contributed by atoms with Crippen molar-refractivity contribution in [1.29, 1.82) is 0 Å². The van der Waals surface area contributed by atoms with Crippen LogP contribution in [0.4, 0.5) is 0 Å². The summed E-state index contributed by atoms with van der Waals surface area (Å²) in [5.74, 6) is 0. The zero-order valence-electron chi connectivity index (χ0n) is 22.0. The van der Waals surface area contributed by atoms with Gasteiger partial charge in [-0.15, -0.1) is 0 Å². The molecule has 0 aromatic carbocycles. The molecule has 3 saturated heterocycles. The molecular weight excluding hydrogens is 426 g/mol. The third kappa shape index (κ3) is 6.36. The topological polar surface area (TPSA) is 96.8 Å². The molecule has 3 saturated carbocycles. The van der Waals surface area contributed by atoms with Crippen molar-refractivity contribution in [3.63, 3.8) is 0 Å². The van der Waals surface area contributed by atoms with Gasteiger partial charge in [-0.3, -0.25) is 0 Å². The predicted molar refractivity (Wildman–Crippen MR) is 138 cm³/mol. The average Bonchev–Trinajstić information content (AvgIpc) is 3.53. The quantitative estimate of drug-likeness (QED) is 0.372. The Hall–Kier alpha value is -0.240. The molecule has 6 rings (SSSR count). The van der Waals surface area contributed by atoms with Gasteiger partial charge in [-0.1, -0.05) is 52.4 Å². The first-order chi connectivity index (χ1) is 16.1. The summed E-state index contributed by atoms with van der Waals surface area (Å²) in [6.07, 6.45) is 18.1. The van der Waals surface area contributed by atoms with Gasteiger partial charge >= 0.3 is 0 Å². The predicted octanol–water partition coefficient (Wildman–Crippen LogP) is 3.38. The third-order valence-corrected chi connectivity index (χ3v) is 9.82. The molecule has 0 radical (unpaired) electrons. The van der Waals surface area contributed by atoms with Crippen molar-refractivity contribution in [1.82, 2.24) is 16.0 Å². The van der Waals surface area contributed by atoms with E-state index in [1.165, 1.54) is 57.8 Å². The number of aliphatic hydroxyl groups is 3. The monoisotopic (exact) mass is 479 g/mol. The van der Waals surface area contributed by atoms with Gasteiger partial charge in [0.1, 0.15) is 0 Å². The number of nitrogens with one attached hydrogen (secondary N) is 3. The minimum absolute atomic E-state index is 0.321. The van der Waals surface area contributed by atoms with Crippen molar-refractivity contribution in [2.45, 2.75) is 152 Å². The fourth-order valence-electron chi connectivity index (χ4n) is 7.37. The molecule has 0 aromatic heterocycles. The first-order valence-electron chi connectivity index (χ1n) is 14.5. The van der Waals surface area contributed by atoms with Crippen molar-refractivity contribution in [2.24, 2.45) is 5.41 Å². The maximum Gasteiger partial charge on any atom is 0.0800 e. The fourth-order valence-corrected chi connectivity index (χ4v) is 7.37. The highest BCUT2D eigenvalue weighted by atomic mass is 16.3. The van der Waals surface area contributed by atoms with Crippen molar-refractivity contribution < 1.29 is 15.3 Å². The minimum Gasteiger partial charge on any atom is -0.388 e. The van der Waals surface area contributed by atoms with E-state index in [9.17, 15) is 15.3 Å². The molecule has 6 fully saturated rings. The van der Waals surface area contributed by atoms with Crippen LogP contribution < -0.4 is 16.0 Å². The van der Waals surface area contributed by atoms with Crippen LogP contribution in [0.5, 0.6) is 0 Å². The van der Waals surface area contributed by atoms with Gasteiger partial charge in [0.05, 0.1) is 16.8 Å². The van der Waals surface area contributed by atoms with Gasteiger partial charge in [-0.2, -0.15) is 0 Å². The lowest BCUT2D eigenvalue weighted by molar-refractivity contribution is -0.0148. The standard InChI is InChI=1S/C11H21NO.C9H17NO.C8H15NO/c1-10(2)7-9(12-8-10)11(13)5-3-4-6-11;11-9(5-1-2-6-9)8-4-3-7-10-8;10-8(4-1-2-5-8)7-3-6-9-7/h9,12-13H,3-8H2,1-2H3;8,10-11H,1-7H2;7,9-10H,1-6H2/t9-;8-;7-/m000/s1. The van der Waals surface area contributed by atoms with E-state index < -0.39 is 0 Å². The summed E-state index contributed by atoms with van der Waals surface area (Å²) in [6, 6.07) is 1.19. The Balaban J connectivity index is 0.000000122. The van der Waals surface area contributed by atoms with Crippen LogP contribution in [0.2, 0.25) is 0 Å². The van der Waals surface area contributed by atoms with E-state index in [1.54, 1.807) is 0 Å². The van der Waals surface area contributed by atoms with Crippen LogP contribution >= 0.6 is 0 Å². The van der Waals surface area contributed by atoms with Gasteiger partial charge in [0.25, 0.3) is 0 Å². The molecule has 34 heavy (non-hydrogen) atoms. The molecule has 0 bridgehead atoms. The SMILES string of the molecule is CC1(C)CN[C@H](C2(O)CCCC2)C1.OC1([C@@H]2CCCN2)CCCC1.OC1([C@@H]2CCN2)CCCC1. The highest BCUT2D eigenvalue weighted by Crippen LogP contribution is 2.40. The van der Waals surface area contributed by atoms with E-state index in [2.05, 4.69) is 29.8 Å². The third-order valence-electron chi connectivity index (χ3n) is 9.82. The lowest BCUT2D eigenvalue weighted by atomic mass is 9.83. The fraction of sp³-hybridized carbons (Fsp3) is 1.00. The maximum atomic E-state index is 10.4. The van der Waals surface area contributed by atoms with Gasteiger partial charge in [-0.05, 0) is 82.7 Å². The summed E-state index contributed by atoms with van der Waals surface area (Å²) in [7, 11) is 0. The van der Waals surface area contributed by atoms with Crippen LogP contribution in [-0.4, -0.2) is 69.9 Å². The molecule has 6 heteroatoms. The molecule has 6 nitrogen and oxygen atoms in total. The van der Waals surface area contributed by atoms with E-state index in [4.69, 9.17) is 0 Å². The molecule has 198 valence electrons. The van der Waals surface area contributed by atoms with Crippen molar-refractivity contribution in [3.8, 4) is 0 Å². The zero-order valence-corrected chi connectivity index (χ0v) is 22.0. The Kier molecular flexibility index (Phi) is 8.69. The van der Waals surface area contributed by atoms with Crippen molar-refractivity contribution >= 4 is 0 Å². The Bertz CT molecular complexity index is 627. The summed E-state index contributed by atoms with van der Waals surface area (Å²) in [5, 5.41) is 40.6. The van der Waals surface area contributed by atoms with E-state index in [0.717, 1.165) is 64.6 Å². The molecule has 0 unspecified atom stereocenters. The van der Waals surface area contributed by atoms with Crippen LogP contribution in [0.25, 0.3) is 0 Å². The van der Waals surface area contributed by atoms with Crippen LogP contribution in [0, 0.1) is 5.41 Å². The largest absolute Gasteiger partial charge is 0.388 e. The molecule has 0 amide bonds. The second-order valence-corrected chi connectivity index (χ2v) is 13.2. The van der Waals surface area contributed by atoms with Gasteiger partial charge in [0, 0.05) is 24.7 Å². The first kappa shape index (κ1) is 26.8. The summed E-state index contributed by atoms with van der Waals surface area (Å²) in [6.45, 7) is 7.82. The molecule has 3 aliphatic carbocycles. The first-order valence-corrected chi connectivity index (χ1v) is 14.5. The summed E-state index contributed by atoms with van der Waals surface area (Å²) in [4.78, 5) is 0. The summed E-state index contributed by atoms with van der Waals surface area (Å²) in [5.41, 5.74) is -0.661. The van der Waals surface area contributed by atoms with E-state index in [0.29, 0.717) is 23.5 Å². The van der Waals surface area contributed by atoms with Gasteiger partial charge in [-0.25, -0.2) is 0 Å². The van der Waals surface area contributed by atoms with Gasteiger partial charge in [0.2, 0.25) is 0 Å². The molecule has 0 spiro atoms.